The van der Waals surface area contributed by atoms with Gasteiger partial charge >= 0.3 is 0 Å². The average molecular weight is 426 g/mol. The summed E-state index contributed by atoms with van der Waals surface area (Å²) >= 11 is 3.43. The number of halogens is 1. The van der Waals surface area contributed by atoms with E-state index in [1.165, 1.54) is 16.6 Å². The van der Waals surface area contributed by atoms with Crippen molar-refractivity contribution in [1.29, 1.82) is 0 Å². The van der Waals surface area contributed by atoms with Gasteiger partial charge in [-0.05, 0) is 43.5 Å². The first-order valence-corrected chi connectivity index (χ1v) is 10.3. The maximum atomic E-state index is 12.6. The molecule has 1 aromatic heterocycles. The molecule has 1 aliphatic heterocycles. The van der Waals surface area contributed by atoms with Gasteiger partial charge in [-0.3, -0.25) is 4.79 Å². The van der Waals surface area contributed by atoms with Crippen LogP contribution in [0.5, 0.6) is 0 Å². The van der Waals surface area contributed by atoms with Crippen LogP contribution in [-0.2, 0) is 17.1 Å². The molecule has 0 atom stereocenters. The van der Waals surface area contributed by atoms with E-state index in [2.05, 4.69) is 21.2 Å². The zero-order valence-corrected chi connectivity index (χ0v) is 16.5. The molecule has 134 valence electrons. The molecule has 0 bridgehead atoms. The van der Waals surface area contributed by atoms with Crippen LogP contribution in [0.25, 0.3) is 0 Å². The number of rotatable bonds is 4. The summed E-state index contributed by atoms with van der Waals surface area (Å²) in [5.41, 5.74) is 2.01. The van der Waals surface area contributed by atoms with Crippen molar-refractivity contribution in [2.24, 2.45) is 7.05 Å². The molecule has 8 heteroatoms. The number of carbonyl (C=O) groups is 1. The number of hydrogen-bond donors (Lipinski definition) is 1. The van der Waals surface area contributed by atoms with Crippen molar-refractivity contribution in [2.45, 2.75) is 24.7 Å². The van der Waals surface area contributed by atoms with Crippen molar-refractivity contribution in [3.63, 3.8) is 0 Å². The molecule has 0 spiro atoms. The number of sulfonamides is 1. The van der Waals surface area contributed by atoms with E-state index in [0.29, 0.717) is 24.5 Å². The molecule has 0 unspecified atom stereocenters. The lowest BCUT2D eigenvalue weighted by Crippen LogP contribution is -2.27. The SMILES string of the molecule is Cc1ccc(NC(=O)c2cc(S(=O)(=O)N3CCCC3)cn2C)cc1Br. The number of hydrogen-bond acceptors (Lipinski definition) is 3. The predicted octanol–water partition coefficient (Wildman–Crippen LogP) is 3.13. The van der Waals surface area contributed by atoms with Gasteiger partial charge < -0.3 is 9.88 Å². The Labute approximate surface area is 156 Å². The summed E-state index contributed by atoms with van der Waals surface area (Å²) < 4.78 is 29.2. The topological polar surface area (TPSA) is 71.4 Å². The largest absolute Gasteiger partial charge is 0.345 e. The number of benzene rings is 1. The third-order valence-corrected chi connectivity index (χ3v) is 7.06. The highest BCUT2D eigenvalue weighted by atomic mass is 79.9. The second-order valence-corrected chi connectivity index (χ2v) is 8.99. The molecular formula is C17H20BrN3O3S. The fourth-order valence-corrected chi connectivity index (χ4v) is 4.81. The fraction of sp³-hybridized carbons (Fsp3) is 0.353. The van der Waals surface area contributed by atoms with Gasteiger partial charge in [0.25, 0.3) is 5.91 Å². The lowest BCUT2D eigenvalue weighted by Gasteiger charge is -2.13. The highest BCUT2D eigenvalue weighted by Crippen LogP contribution is 2.24. The minimum atomic E-state index is -3.53. The van der Waals surface area contributed by atoms with Crippen LogP contribution in [0, 0.1) is 6.92 Å². The minimum Gasteiger partial charge on any atom is -0.345 e. The van der Waals surface area contributed by atoms with Gasteiger partial charge in [0.2, 0.25) is 10.0 Å². The smallest absolute Gasteiger partial charge is 0.272 e. The molecule has 1 amide bonds. The predicted molar refractivity (Wildman–Crippen MR) is 100 cm³/mol. The van der Waals surface area contributed by atoms with E-state index >= 15 is 0 Å². The van der Waals surface area contributed by atoms with E-state index in [-0.39, 0.29) is 10.8 Å². The third kappa shape index (κ3) is 3.65. The number of anilines is 1. The lowest BCUT2D eigenvalue weighted by molar-refractivity contribution is 0.101. The Morgan fingerprint density at radius 1 is 1.20 bits per heavy atom. The number of carbonyl (C=O) groups excluding carboxylic acids is 1. The molecule has 1 aliphatic rings. The first kappa shape index (κ1) is 18.2. The Kier molecular flexibility index (Phi) is 5.04. The molecule has 2 aromatic rings. The van der Waals surface area contributed by atoms with E-state index in [1.807, 2.05) is 25.1 Å². The Balaban J connectivity index is 1.84. The second-order valence-electron chi connectivity index (χ2n) is 6.20. The molecule has 25 heavy (non-hydrogen) atoms. The molecule has 3 rings (SSSR count). The number of aryl methyl sites for hydroxylation is 2. The summed E-state index contributed by atoms with van der Waals surface area (Å²) in [6.45, 7) is 3.04. The minimum absolute atomic E-state index is 0.159. The molecule has 6 nitrogen and oxygen atoms in total. The highest BCUT2D eigenvalue weighted by Gasteiger charge is 2.29. The maximum absolute atomic E-state index is 12.6. The van der Waals surface area contributed by atoms with E-state index in [0.717, 1.165) is 22.9 Å². The van der Waals surface area contributed by atoms with Gasteiger partial charge in [0, 0.05) is 36.5 Å². The summed E-state index contributed by atoms with van der Waals surface area (Å²) in [6, 6.07) is 6.96. The summed E-state index contributed by atoms with van der Waals surface area (Å²) in [6.07, 6.45) is 3.25. The van der Waals surface area contributed by atoms with Gasteiger partial charge in [0.05, 0.1) is 0 Å². The van der Waals surface area contributed by atoms with E-state index in [1.54, 1.807) is 11.6 Å². The molecule has 1 aromatic carbocycles. The van der Waals surface area contributed by atoms with Gasteiger partial charge in [0.15, 0.2) is 0 Å². The van der Waals surface area contributed by atoms with Crippen molar-refractivity contribution in [2.75, 3.05) is 18.4 Å². The number of aromatic nitrogens is 1. The number of nitrogens with one attached hydrogen (secondary N) is 1. The molecule has 1 fully saturated rings. The Hall–Kier alpha value is -1.64. The van der Waals surface area contributed by atoms with Crippen molar-refractivity contribution in [1.82, 2.24) is 8.87 Å². The van der Waals surface area contributed by atoms with Crippen LogP contribution in [0.2, 0.25) is 0 Å². The van der Waals surface area contributed by atoms with Crippen molar-refractivity contribution in [3.8, 4) is 0 Å². The molecule has 1 saturated heterocycles. The van der Waals surface area contributed by atoms with E-state index in [9.17, 15) is 13.2 Å². The molecule has 0 saturated carbocycles. The number of nitrogens with zero attached hydrogens (tertiary/aromatic N) is 2. The summed E-state index contributed by atoms with van der Waals surface area (Å²) in [4.78, 5) is 12.7. The van der Waals surface area contributed by atoms with Crippen LogP contribution in [0.4, 0.5) is 5.69 Å². The van der Waals surface area contributed by atoms with Gasteiger partial charge in [-0.15, -0.1) is 0 Å². The standard InChI is InChI=1S/C17H20BrN3O3S/c1-12-5-6-13(9-15(12)18)19-17(22)16-10-14(11-20(16)2)25(23,24)21-7-3-4-8-21/h5-6,9-11H,3-4,7-8H2,1-2H3,(H,19,22). The molecule has 2 heterocycles. The highest BCUT2D eigenvalue weighted by molar-refractivity contribution is 9.10. The van der Waals surface area contributed by atoms with Crippen LogP contribution in [0.1, 0.15) is 28.9 Å². The molecule has 0 radical (unpaired) electrons. The van der Waals surface area contributed by atoms with Crippen molar-refractivity contribution in [3.05, 3.63) is 46.2 Å². The van der Waals surface area contributed by atoms with Crippen LogP contribution in [0.15, 0.2) is 39.8 Å². The van der Waals surface area contributed by atoms with Crippen LogP contribution in [-0.4, -0.2) is 36.3 Å². The monoisotopic (exact) mass is 425 g/mol. The molecule has 0 aliphatic carbocycles. The first-order valence-electron chi connectivity index (χ1n) is 8.03. The van der Waals surface area contributed by atoms with Gasteiger partial charge in [-0.1, -0.05) is 22.0 Å². The Morgan fingerprint density at radius 2 is 1.88 bits per heavy atom. The summed E-state index contributed by atoms with van der Waals surface area (Å²) in [5, 5.41) is 2.80. The maximum Gasteiger partial charge on any atom is 0.272 e. The van der Waals surface area contributed by atoms with Crippen LogP contribution < -0.4 is 5.32 Å². The van der Waals surface area contributed by atoms with E-state index in [4.69, 9.17) is 0 Å². The normalized spacial score (nSPS) is 15.5. The zero-order chi connectivity index (χ0) is 18.2. The Morgan fingerprint density at radius 3 is 2.52 bits per heavy atom. The third-order valence-electron chi connectivity index (χ3n) is 4.35. The Bertz CT molecular complexity index is 915. The van der Waals surface area contributed by atoms with Gasteiger partial charge in [-0.2, -0.15) is 4.31 Å². The van der Waals surface area contributed by atoms with Gasteiger partial charge in [-0.25, -0.2) is 8.42 Å². The first-order chi connectivity index (χ1) is 11.8. The second kappa shape index (κ2) is 6.93. The molecule has 1 N–H and O–H groups in total. The van der Waals surface area contributed by atoms with Crippen LogP contribution >= 0.6 is 15.9 Å². The summed E-state index contributed by atoms with van der Waals surface area (Å²) in [5.74, 6) is -0.346. The van der Waals surface area contributed by atoms with Gasteiger partial charge in [0.1, 0.15) is 10.6 Å². The number of amides is 1. The fourth-order valence-electron chi connectivity index (χ4n) is 2.84. The van der Waals surface area contributed by atoms with Crippen LogP contribution in [0.3, 0.4) is 0 Å². The molecular weight excluding hydrogens is 406 g/mol. The average Bonchev–Trinajstić information content (AvgIpc) is 3.21. The summed E-state index contributed by atoms with van der Waals surface area (Å²) in [7, 11) is -1.86. The van der Waals surface area contributed by atoms with Crippen molar-refractivity contribution >= 4 is 37.5 Å². The lowest BCUT2D eigenvalue weighted by atomic mass is 10.2. The van der Waals surface area contributed by atoms with Crippen molar-refractivity contribution < 1.29 is 13.2 Å². The van der Waals surface area contributed by atoms with E-state index < -0.39 is 10.0 Å². The quantitative estimate of drug-likeness (QED) is 0.817. The zero-order valence-electron chi connectivity index (χ0n) is 14.1.